The number of nitrogens with zero attached hydrogens (tertiary/aromatic N) is 4. The summed E-state index contributed by atoms with van der Waals surface area (Å²) < 4.78 is 34.1. The zero-order valence-electron chi connectivity index (χ0n) is 15.9. The average molecular weight is 398 g/mol. The van der Waals surface area contributed by atoms with Crippen molar-refractivity contribution in [3.05, 3.63) is 54.1 Å². The molecule has 4 rings (SSSR count). The van der Waals surface area contributed by atoms with Crippen LogP contribution in [0.25, 0.3) is 10.9 Å². The molecule has 1 saturated heterocycles. The number of benzene rings is 1. The summed E-state index contributed by atoms with van der Waals surface area (Å²) in [5, 5.41) is 0.806. The molecular formula is C20H22N4O3S. The zero-order chi connectivity index (χ0) is 19.7. The Morgan fingerprint density at radius 3 is 2.79 bits per heavy atom. The van der Waals surface area contributed by atoms with Crippen molar-refractivity contribution in [2.75, 3.05) is 13.1 Å². The lowest BCUT2D eigenvalue weighted by Crippen LogP contribution is -2.44. The fraction of sp³-hybridized carbons (Fsp3) is 0.350. The molecule has 3 aromatic rings. The molecule has 0 radical (unpaired) electrons. The minimum Gasteiger partial charge on any atom is -0.473 e. The summed E-state index contributed by atoms with van der Waals surface area (Å²) in [6, 6.07) is 10.7. The van der Waals surface area contributed by atoms with Crippen molar-refractivity contribution in [1.29, 1.82) is 0 Å². The summed E-state index contributed by atoms with van der Waals surface area (Å²) in [7, 11) is -3.67. The minimum absolute atomic E-state index is 0.236. The largest absolute Gasteiger partial charge is 0.473 e. The first kappa shape index (κ1) is 18.8. The molecule has 1 atom stereocenters. The van der Waals surface area contributed by atoms with Crippen molar-refractivity contribution in [2.45, 2.75) is 37.7 Å². The van der Waals surface area contributed by atoms with Crippen LogP contribution in [0, 0.1) is 13.8 Å². The second-order valence-corrected chi connectivity index (χ2v) is 8.88. The summed E-state index contributed by atoms with van der Waals surface area (Å²) in [5.74, 6) is 1.12. The Morgan fingerprint density at radius 2 is 1.96 bits per heavy atom. The highest BCUT2D eigenvalue weighted by Crippen LogP contribution is 2.27. The van der Waals surface area contributed by atoms with E-state index in [1.165, 1.54) is 4.31 Å². The number of aryl methyl sites for hydroxylation is 2. The van der Waals surface area contributed by atoms with E-state index in [1.807, 2.05) is 26.0 Å². The van der Waals surface area contributed by atoms with Crippen LogP contribution in [0.15, 0.2) is 47.5 Å². The minimum atomic E-state index is -3.67. The van der Waals surface area contributed by atoms with Crippen LogP contribution in [-0.4, -0.2) is 46.9 Å². The highest BCUT2D eigenvalue weighted by Gasteiger charge is 2.32. The van der Waals surface area contributed by atoms with Crippen LogP contribution < -0.4 is 4.74 Å². The molecule has 0 saturated carbocycles. The molecule has 3 heterocycles. The number of pyridine rings is 1. The summed E-state index contributed by atoms with van der Waals surface area (Å²) >= 11 is 0. The Balaban J connectivity index is 1.59. The van der Waals surface area contributed by atoms with Gasteiger partial charge in [0, 0.05) is 29.9 Å². The lowest BCUT2D eigenvalue weighted by molar-refractivity contribution is 0.124. The van der Waals surface area contributed by atoms with E-state index in [2.05, 4.69) is 15.0 Å². The van der Waals surface area contributed by atoms with Gasteiger partial charge in [0.15, 0.2) is 0 Å². The van der Waals surface area contributed by atoms with E-state index in [1.54, 1.807) is 30.5 Å². The zero-order valence-corrected chi connectivity index (χ0v) is 16.7. The van der Waals surface area contributed by atoms with Gasteiger partial charge in [0.25, 0.3) is 0 Å². The molecule has 2 aromatic heterocycles. The van der Waals surface area contributed by atoms with Crippen molar-refractivity contribution in [3.63, 3.8) is 0 Å². The van der Waals surface area contributed by atoms with E-state index in [0.717, 1.165) is 23.9 Å². The molecule has 1 aliphatic heterocycles. The third-order valence-electron chi connectivity index (χ3n) is 4.78. The Bertz CT molecular complexity index is 1090. The van der Waals surface area contributed by atoms with Gasteiger partial charge in [-0.15, -0.1) is 0 Å². The smallest absolute Gasteiger partial charge is 0.245 e. The number of ether oxygens (including phenoxy) is 1. The van der Waals surface area contributed by atoms with Gasteiger partial charge in [-0.1, -0.05) is 18.2 Å². The van der Waals surface area contributed by atoms with Crippen molar-refractivity contribution in [2.24, 2.45) is 0 Å². The normalized spacial score (nSPS) is 18.3. The van der Waals surface area contributed by atoms with E-state index in [9.17, 15) is 8.42 Å². The quantitative estimate of drug-likeness (QED) is 0.672. The van der Waals surface area contributed by atoms with Gasteiger partial charge in [-0.25, -0.2) is 13.4 Å². The number of fused-ring (bicyclic) bond motifs is 1. The van der Waals surface area contributed by atoms with Gasteiger partial charge in [0.2, 0.25) is 15.9 Å². The summed E-state index contributed by atoms with van der Waals surface area (Å²) in [6.45, 7) is 4.44. The monoisotopic (exact) mass is 398 g/mol. The van der Waals surface area contributed by atoms with Crippen LogP contribution in [0.2, 0.25) is 0 Å². The molecule has 1 unspecified atom stereocenters. The highest BCUT2D eigenvalue weighted by molar-refractivity contribution is 7.89. The standard InChI is InChI=1S/C20H22N4O3S/c1-14-12-19(23-15(2)22-14)27-17-8-5-11-24(13-17)28(25,26)18-9-3-6-16-7-4-10-21-20(16)18/h3-4,6-7,9-10,12,17H,5,8,11,13H2,1-2H3. The maximum absolute atomic E-state index is 13.3. The van der Waals surface area contributed by atoms with Gasteiger partial charge < -0.3 is 4.74 Å². The lowest BCUT2D eigenvalue weighted by Gasteiger charge is -2.32. The molecule has 0 amide bonds. The van der Waals surface area contributed by atoms with Crippen LogP contribution in [0.1, 0.15) is 24.4 Å². The summed E-state index contributed by atoms with van der Waals surface area (Å²) in [6.07, 6.45) is 2.87. The van der Waals surface area contributed by atoms with Gasteiger partial charge in [-0.2, -0.15) is 9.29 Å². The average Bonchev–Trinajstić information content (AvgIpc) is 2.67. The van der Waals surface area contributed by atoms with Gasteiger partial charge in [0.05, 0.1) is 12.1 Å². The third-order valence-corrected chi connectivity index (χ3v) is 6.68. The number of sulfonamides is 1. The second-order valence-electron chi connectivity index (χ2n) is 6.97. The Morgan fingerprint density at radius 1 is 1.14 bits per heavy atom. The molecule has 0 spiro atoms. The molecule has 146 valence electrons. The SMILES string of the molecule is Cc1cc(OC2CCCN(S(=O)(=O)c3cccc4cccnc34)C2)nc(C)n1. The molecule has 1 aromatic carbocycles. The van der Waals surface area contributed by atoms with Gasteiger partial charge in [0.1, 0.15) is 16.8 Å². The summed E-state index contributed by atoms with van der Waals surface area (Å²) in [5.41, 5.74) is 1.32. The molecule has 0 aliphatic carbocycles. The molecule has 7 nitrogen and oxygen atoms in total. The molecule has 0 N–H and O–H groups in total. The third kappa shape index (κ3) is 3.70. The maximum Gasteiger partial charge on any atom is 0.245 e. The second kappa shape index (κ2) is 7.44. The van der Waals surface area contributed by atoms with Crippen molar-refractivity contribution < 1.29 is 13.2 Å². The van der Waals surface area contributed by atoms with Crippen LogP contribution in [-0.2, 0) is 10.0 Å². The van der Waals surface area contributed by atoms with Gasteiger partial charge >= 0.3 is 0 Å². The van der Waals surface area contributed by atoms with E-state index < -0.39 is 10.0 Å². The first-order valence-electron chi connectivity index (χ1n) is 9.26. The van der Waals surface area contributed by atoms with Crippen LogP contribution in [0.5, 0.6) is 5.88 Å². The van der Waals surface area contributed by atoms with Crippen molar-refractivity contribution >= 4 is 20.9 Å². The van der Waals surface area contributed by atoms with E-state index in [4.69, 9.17) is 4.74 Å². The molecule has 1 fully saturated rings. The predicted molar refractivity (Wildman–Crippen MR) is 106 cm³/mol. The predicted octanol–water partition coefficient (Wildman–Crippen LogP) is 2.87. The Labute approximate surface area is 164 Å². The number of hydrogen-bond acceptors (Lipinski definition) is 6. The Kier molecular flexibility index (Phi) is 4.99. The molecule has 8 heteroatoms. The molecule has 1 aliphatic rings. The Hall–Kier alpha value is -2.58. The van der Waals surface area contributed by atoms with Crippen LogP contribution in [0.3, 0.4) is 0 Å². The molecular weight excluding hydrogens is 376 g/mol. The van der Waals surface area contributed by atoms with E-state index in [-0.39, 0.29) is 17.5 Å². The molecule has 28 heavy (non-hydrogen) atoms. The fourth-order valence-electron chi connectivity index (χ4n) is 3.56. The fourth-order valence-corrected chi connectivity index (χ4v) is 5.23. The van der Waals surface area contributed by atoms with Crippen LogP contribution >= 0.6 is 0 Å². The number of piperidine rings is 1. The first-order chi connectivity index (χ1) is 13.4. The van der Waals surface area contributed by atoms with Crippen molar-refractivity contribution in [1.82, 2.24) is 19.3 Å². The number of aromatic nitrogens is 3. The maximum atomic E-state index is 13.3. The van der Waals surface area contributed by atoms with Gasteiger partial charge in [-0.05, 0) is 38.8 Å². The number of hydrogen-bond donors (Lipinski definition) is 0. The first-order valence-corrected chi connectivity index (χ1v) is 10.7. The van der Waals surface area contributed by atoms with Gasteiger partial charge in [-0.3, -0.25) is 4.98 Å². The lowest BCUT2D eigenvalue weighted by atomic mass is 10.1. The molecule has 0 bridgehead atoms. The van der Waals surface area contributed by atoms with E-state index in [0.29, 0.717) is 23.8 Å². The number of rotatable bonds is 4. The van der Waals surface area contributed by atoms with Crippen molar-refractivity contribution in [3.8, 4) is 5.88 Å². The van der Waals surface area contributed by atoms with Crippen LogP contribution in [0.4, 0.5) is 0 Å². The highest BCUT2D eigenvalue weighted by atomic mass is 32.2. The number of para-hydroxylation sites is 1. The summed E-state index contributed by atoms with van der Waals surface area (Å²) in [4.78, 5) is 13.1. The van der Waals surface area contributed by atoms with E-state index >= 15 is 0 Å². The topological polar surface area (TPSA) is 85.3 Å².